The van der Waals surface area contributed by atoms with E-state index in [-0.39, 0.29) is 5.54 Å². The Balaban J connectivity index is 3.73. The van der Waals surface area contributed by atoms with Gasteiger partial charge >= 0.3 is 0 Å². The zero-order valence-electron chi connectivity index (χ0n) is 8.72. The van der Waals surface area contributed by atoms with E-state index in [9.17, 15) is 0 Å². The van der Waals surface area contributed by atoms with Crippen molar-refractivity contribution in [3.63, 3.8) is 0 Å². The fourth-order valence-corrected chi connectivity index (χ4v) is 0.975. The molecule has 0 aliphatic rings. The van der Waals surface area contributed by atoms with Crippen LogP contribution in [0.2, 0.25) is 0 Å². The van der Waals surface area contributed by atoms with Crippen LogP contribution in [0.5, 0.6) is 0 Å². The van der Waals surface area contributed by atoms with Gasteiger partial charge in [-0.15, -0.1) is 0 Å². The van der Waals surface area contributed by atoms with Crippen LogP contribution in [0.4, 0.5) is 0 Å². The zero-order valence-corrected chi connectivity index (χ0v) is 8.72. The third-order valence-electron chi connectivity index (χ3n) is 1.68. The Kier molecular flexibility index (Phi) is 5.18. The highest BCUT2D eigenvalue weighted by Crippen LogP contribution is 1.98. The first-order chi connectivity index (χ1) is 5.49. The summed E-state index contributed by atoms with van der Waals surface area (Å²) in [4.78, 5) is 0. The van der Waals surface area contributed by atoms with Gasteiger partial charge in [-0.3, -0.25) is 0 Å². The van der Waals surface area contributed by atoms with E-state index in [2.05, 4.69) is 24.4 Å². The van der Waals surface area contributed by atoms with Gasteiger partial charge in [0, 0.05) is 18.1 Å². The molecular weight excluding hydrogens is 148 g/mol. The molecule has 2 heteroatoms. The van der Waals surface area contributed by atoms with Crippen molar-refractivity contribution in [3.8, 4) is 0 Å². The Labute approximate surface area is 76.2 Å². The lowest BCUT2D eigenvalue weighted by atomic mass is 10.1. The maximum absolute atomic E-state index is 5.85. The van der Waals surface area contributed by atoms with Crippen molar-refractivity contribution in [2.75, 3.05) is 6.54 Å². The van der Waals surface area contributed by atoms with Gasteiger partial charge < -0.3 is 11.1 Å². The molecule has 72 valence electrons. The van der Waals surface area contributed by atoms with E-state index in [0.29, 0.717) is 6.04 Å². The topological polar surface area (TPSA) is 38.0 Å². The Morgan fingerprint density at radius 2 is 2.08 bits per heavy atom. The summed E-state index contributed by atoms with van der Waals surface area (Å²) in [5, 5.41) is 3.40. The van der Waals surface area contributed by atoms with Gasteiger partial charge in [0.2, 0.25) is 0 Å². The summed E-state index contributed by atoms with van der Waals surface area (Å²) in [6, 6.07) is 0.470. The number of rotatable bonds is 5. The maximum atomic E-state index is 5.85. The van der Waals surface area contributed by atoms with Crippen LogP contribution < -0.4 is 11.1 Å². The smallest absolute Gasteiger partial charge is 0.0248 e. The van der Waals surface area contributed by atoms with Crippen molar-refractivity contribution in [1.29, 1.82) is 0 Å². The number of nitrogens with one attached hydrogen (secondary N) is 1. The van der Waals surface area contributed by atoms with Crippen molar-refractivity contribution in [1.82, 2.24) is 5.32 Å². The minimum Gasteiger partial charge on any atom is -0.324 e. The Morgan fingerprint density at radius 3 is 2.42 bits per heavy atom. The molecule has 0 saturated heterocycles. The maximum Gasteiger partial charge on any atom is 0.0248 e. The van der Waals surface area contributed by atoms with E-state index >= 15 is 0 Å². The molecule has 1 unspecified atom stereocenters. The van der Waals surface area contributed by atoms with E-state index in [1.807, 2.05) is 20.8 Å². The Morgan fingerprint density at radius 1 is 1.50 bits per heavy atom. The number of nitrogens with two attached hydrogens (primary N) is 1. The molecule has 0 aromatic rings. The summed E-state index contributed by atoms with van der Waals surface area (Å²) >= 11 is 0. The van der Waals surface area contributed by atoms with Crippen molar-refractivity contribution >= 4 is 0 Å². The molecule has 0 bridgehead atoms. The van der Waals surface area contributed by atoms with E-state index < -0.39 is 0 Å². The number of hydrogen-bond acceptors (Lipinski definition) is 2. The normalized spacial score (nSPS) is 15.4. The van der Waals surface area contributed by atoms with E-state index in [0.717, 1.165) is 13.0 Å². The first-order valence-corrected chi connectivity index (χ1v) is 4.64. The molecule has 0 spiro atoms. The molecular formula is C10H22N2. The summed E-state index contributed by atoms with van der Waals surface area (Å²) in [6.07, 6.45) is 5.36. The quantitative estimate of drug-likeness (QED) is 0.616. The second-order valence-corrected chi connectivity index (χ2v) is 3.91. The highest BCUT2D eigenvalue weighted by Gasteiger charge is 2.11. The standard InChI is InChI=1S/C10H22N2/c1-5-7-9(6-2)12-8-10(3,4)11/h5,7,9,12H,6,8,11H2,1-4H3. The predicted octanol–water partition coefficient (Wildman–Crippen LogP) is 1.67. The average molecular weight is 170 g/mol. The first-order valence-electron chi connectivity index (χ1n) is 4.64. The van der Waals surface area contributed by atoms with Crippen LogP contribution in [0.1, 0.15) is 34.1 Å². The third kappa shape index (κ3) is 6.38. The molecule has 0 amide bonds. The molecule has 12 heavy (non-hydrogen) atoms. The van der Waals surface area contributed by atoms with Crippen molar-refractivity contribution in [2.45, 2.75) is 45.7 Å². The van der Waals surface area contributed by atoms with Crippen molar-refractivity contribution in [3.05, 3.63) is 12.2 Å². The van der Waals surface area contributed by atoms with Gasteiger partial charge in [0.25, 0.3) is 0 Å². The Hall–Kier alpha value is -0.340. The highest BCUT2D eigenvalue weighted by molar-refractivity contribution is 4.91. The molecule has 0 heterocycles. The van der Waals surface area contributed by atoms with Crippen LogP contribution in [-0.4, -0.2) is 18.1 Å². The van der Waals surface area contributed by atoms with E-state index in [4.69, 9.17) is 5.73 Å². The van der Waals surface area contributed by atoms with Crippen LogP contribution >= 0.6 is 0 Å². The lowest BCUT2D eigenvalue weighted by Gasteiger charge is -2.22. The van der Waals surface area contributed by atoms with Gasteiger partial charge in [0.05, 0.1) is 0 Å². The molecule has 3 N–H and O–H groups in total. The van der Waals surface area contributed by atoms with Gasteiger partial charge in [-0.1, -0.05) is 19.1 Å². The average Bonchev–Trinajstić information content (AvgIpc) is 1.96. The first kappa shape index (κ1) is 11.7. The van der Waals surface area contributed by atoms with E-state index in [1.54, 1.807) is 0 Å². The van der Waals surface area contributed by atoms with Crippen LogP contribution in [0.3, 0.4) is 0 Å². The van der Waals surface area contributed by atoms with Gasteiger partial charge in [0.15, 0.2) is 0 Å². The van der Waals surface area contributed by atoms with Crippen molar-refractivity contribution in [2.24, 2.45) is 5.73 Å². The van der Waals surface area contributed by atoms with Gasteiger partial charge in [-0.25, -0.2) is 0 Å². The molecule has 2 nitrogen and oxygen atoms in total. The van der Waals surface area contributed by atoms with Crippen molar-refractivity contribution < 1.29 is 0 Å². The van der Waals surface area contributed by atoms with Gasteiger partial charge in [-0.05, 0) is 27.2 Å². The SMILES string of the molecule is CC=CC(CC)NCC(C)(C)N. The van der Waals surface area contributed by atoms with Crippen LogP contribution in [0.15, 0.2) is 12.2 Å². The number of hydrogen-bond donors (Lipinski definition) is 2. The van der Waals surface area contributed by atoms with Gasteiger partial charge in [0.1, 0.15) is 0 Å². The molecule has 1 atom stereocenters. The van der Waals surface area contributed by atoms with Crippen LogP contribution in [-0.2, 0) is 0 Å². The summed E-state index contributed by atoms with van der Waals surface area (Å²) in [5.74, 6) is 0. The summed E-state index contributed by atoms with van der Waals surface area (Å²) in [6.45, 7) is 9.12. The molecule has 0 aromatic heterocycles. The molecule has 0 radical (unpaired) electrons. The zero-order chi connectivity index (χ0) is 9.61. The fourth-order valence-electron chi connectivity index (χ4n) is 0.975. The largest absolute Gasteiger partial charge is 0.324 e. The molecule has 0 aliphatic heterocycles. The molecule has 0 rings (SSSR count). The lowest BCUT2D eigenvalue weighted by molar-refractivity contribution is 0.439. The van der Waals surface area contributed by atoms with E-state index in [1.165, 1.54) is 0 Å². The number of allylic oxidation sites excluding steroid dienone is 1. The Bertz CT molecular complexity index is 133. The second kappa shape index (κ2) is 5.33. The summed E-state index contributed by atoms with van der Waals surface area (Å²) < 4.78 is 0. The minimum absolute atomic E-state index is 0.116. The molecule has 0 aliphatic carbocycles. The lowest BCUT2D eigenvalue weighted by Crippen LogP contribution is -2.45. The summed E-state index contributed by atoms with van der Waals surface area (Å²) in [7, 11) is 0. The van der Waals surface area contributed by atoms with Crippen LogP contribution in [0.25, 0.3) is 0 Å². The monoisotopic (exact) mass is 170 g/mol. The van der Waals surface area contributed by atoms with Gasteiger partial charge in [-0.2, -0.15) is 0 Å². The summed E-state index contributed by atoms with van der Waals surface area (Å²) in [5.41, 5.74) is 5.73. The fraction of sp³-hybridized carbons (Fsp3) is 0.800. The molecule has 0 saturated carbocycles. The predicted molar refractivity (Wildman–Crippen MR) is 55.2 cm³/mol. The minimum atomic E-state index is -0.116. The van der Waals surface area contributed by atoms with Crippen LogP contribution in [0, 0.1) is 0 Å². The second-order valence-electron chi connectivity index (χ2n) is 3.91. The third-order valence-corrected chi connectivity index (χ3v) is 1.68. The molecule has 0 fully saturated rings. The molecule has 0 aromatic carbocycles. The highest BCUT2D eigenvalue weighted by atomic mass is 14.9.